The predicted molar refractivity (Wildman–Crippen MR) is 37.6 cm³/mol. The maximum Gasteiger partial charge on any atom is 0.204 e. The zero-order valence-electron chi connectivity index (χ0n) is 5.40. The van der Waals surface area contributed by atoms with Crippen molar-refractivity contribution in [1.29, 1.82) is 0 Å². The van der Waals surface area contributed by atoms with Crippen LogP contribution in [0.4, 0.5) is 0 Å². The summed E-state index contributed by atoms with van der Waals surface area (Å²) in [5, 5.41) is 20.5. The van der Waals surface area contributed by atoms with E-state index in [9.17, 15) is 0 Å². The molecule has 5 nitrogen and oxygen atoms in total. The molecule has 6 heteroatoms. The zero-order chi connectivity index (χ0) is 7.56. The molecular formula is C4H7BrN4O. The summed E-state index contributed by atoms with van der Waals surface area (Å²) < 4.78 is 0. The number of tetrazole rings is 1. The number of halogens is 1. The fourth-order valence-corrected chi connectivity index (χ4v) is 0.791. The largest absolute Gasteiger partial charge is 0.384 e. The van der Waals surface area contributed by atoms with Gasteiger partial charge in [0.1, 0.15) is 6.10 Å². The molecule has 0 saturated carbocycles. The maximum absolute atomic E-state index is 9.12. The Balaban J connectivity index is 2.74. The Morgan fingerprint density at radius 3 is 2.90 bits per heavy atom. The highest BCUT2D eigenvalue weighted by Crippen LogP contribution is 2.07. The summed E-state index contributed by atoms with van der Waals surface area (Å²) in [6.07, 6.45) is -0.659. The normalized spacial score (nSPS) is 13.5. The number of aromatic nitrogens is 4. The highest BCUT2D eigenvalue weighted by atomic mass is 79.9. The molecule has 0 aromatic carbocycles. The highest BCUT2D eigenvalue weighted by molar-refractivity contribution is 9.09. The van der Waals surface area contributed by atoms with Gasteiger partial charge in [0.2, 0.25) is 5.82 Å². The Hall–Kier alpha value is -0.490. The van der Waals surface area contributed by atoms with Gasteiger partial charge in [-0.1, -0.05) is 15.9 Å². The summed E-state index contributed by atoms with van der Waals surface area (Å²) in [5.41, 5.74) is 0. The fraction of sp³-hybridized carbons (Fsp3) is 0.750. The molecule has 0 bridgehead atoms. The van der Waals surface area contributed by atoms with Crippen molar-refractivity contribution in [2.75, 3.05) is 5.33 Å². The van der Waals surface area contributed by atoms with Crippen molar-refractivity contribution in [2.45, 2.75) is 6.10 Å². The SMILES string of the molecule is Cn1nnc([C@@H](O)CBr)n1. The molecule has 0 radical (unpaired) electrons. The molecule has 56 valence electrons. The van der Waals surface area contributed by atoms with Crippen molar-refractivity contribution in [3.8, 4) is 0 Å². The number of aliphatic hydroxyl groups excluding tert-OH is 1. The first-order chi connectivity index (χ1) is 4.74. The van der Waals surface area contributed by atoms with Gasteiger partial charge in [-0.2, -0.15) is 4.80 Å². The molecule has 1 aromatic heterocycles. The smallest absolute Gasteiger partial charge is 0.204 e. The molecule has 1 rings (SSSR count). The molecule has 0 amide bonds. The van der Waals surface area contributed by atoms with Crippen molar-refractivity contribution in [2.24, 2.45) is 7.05 Å². The number of aryl methyl sites for hydroxylation is 1. The maximum atomic E-state index is 9.12. The molecule has 0 spiro atoms. The Morgan fingerprint density at radius 2 is 2.50 bits per heavy atom. The number of aliphatic hydroxyl groups is 1. The second kappa shape index (κ2) is 3.07. The first kappa shape index (κ1) is 7.62. The van der Waals surface area contributed by atoms with Crippen molar-refractivity contribution < 1.29 is 5.11 Å². The third kappa shape index (κ3) is 1.51. The van der Waals surface area contributed by atoms with Gasteiger partial charge in [-0.05, 0) is 5.21 Å². The Labute approximate surface area is 66.2 Å². The molecule has 1 N–H and O–H groups in total. The third-order valence-electron chi connectivity index (χ3n) is 0.968. The number of nitrogens with zero attached hydrogens (tertiary/aromatic N) is 4. The monoisotopic (exact) mass is 206 g/mol. The van der Waals surface area contributed by atoms with E-state index in [1.54, 1.807) is 7.05 Å². The van der Waals surface area contributed by atoms with Gasteiger partial charge in [0.25, 0.3) is 0 Å². The van der Waals surface area contributed by atoms with Crippen LogP contribution in [-0.4, -0.2) is 30.6 Å². The van der Waals surface area contributed by atoms with E-state index in [0.29, 0.717) is 11.2 Å². The molecule has 0 unspecified atom stereocenters. The third-order valence-corrected chi connectivity index (χ3v) is 1.58. The molecule has 10 heavy (non-hydrogen) atoms. The van der Waals surface area contributed by atoms with Gasteiger partial charge in [0.15, 0.2) is 0 Å². The zero-order valence-corrected chi connectivity index (χ0v) is 6.98. The highest BCUT2D eigenvalue weighted by Gasteiger charge is 2.10. The van der Waals surface area contributed by atoms with Gasteiger partial charge in [-0.25, -0.2) is 0 Å². The van der Waals surface area contributed by atoms with E-state index >= 15 is 0 Å². The van der Waals surface area contributed by atoms with Crippen LogP contribution in [0.25, 0.3) is 0 Å². The van der Waals surface area contributed by atoms with Crippen LogP contribution in [0.1, 0.15) is 11.9 Å². The Morgan fingerprint density at radius 1 is 1.80 bits per heavy atom. The minimum absolute atomic E-state index is 0.347. The van der Waals surface area contributed by atoms with Crippen molar-refractivity contribution in [3.05, 3.63) is 5.82 Å². The summed E-state index contributed by atoms with van der Waals surface area (Å²) in [7, 11) is 1.65. The van der Waals surface area contributed by atoms with Gasteiger partial charge < -0.3 is 5.11 Å². The molecule has 0 aliphatic heterocycles. The minimum atomic E-state index is -0.659. The van der Waals surface area contributed by atoms with E-state index in [1.807, 2.05) is 0 Å². The number of hydrogen-bond donors (Lipinski definition) is 1. The van der Waals surface area contributed by atoms with Gasteiger partial charge in [0.05, 0.1) is 7.05 Å². The summed E-state index contributed by atoms with van der Waals surface area (Å²) in [5.74, 6) is 0.347. The molecule has 0 fully saturated rings. The lowest BCUT2D eigenvalue weighted by Crippen LogP contribution is -2.01. The van der Waals surface area contributed by atoms with Crippen LogP contribution in [0.3, 0.4) is 0 Å². The summed E-state index contributed by atoms with van der Waals surface area (Å²) in [4.78, 5) is 1.31. The van der Waals surface area contributed by atoms with E-state index in [4.69, 9.17) is 5.11 Å². The van der Waals surface area contributed by atoms with Crippen LogP contribution in [0, 0.1) is 0 Å². The molecule has 1 heterocycles. The second-order valence-corrected chi connectivity index (χ2v) is 2.45. The van der Waals surface area contributed by atoms with Gasteiger partial charge in [-0.3, -0.25) is 0 Å². The molecule has 1 aromatic rings. The summed E-state index contributed by atoms with van der Waals surface area (Å²) in [6, 6.07) is 0. The van der Waals surface area contributed by atoms with Gasteiger partial charge in [-0.15, -0.1) is 10.2 Å². The standard InChI is InChI=1S/C4H7BrN4O/c1-9-7-4(6-8-9)3(10)2-5/h3,10H,2H2,1H3/t3-/m0/s1. The minimum Gasteiger partial charge on any atom is -0.384 e. The van der Waals surface area contributed by atoms with Crippen LogP contribution < -0.4 is 0 Å². The number of hydrogen-bond acceptors (Lipinski definition) is 4. The Kier molecular flexibility index (Phi) is 2.34. The van der Waals surface area contributed by atoms with E-state index in [1.165, 1.54) is 4.80 Å². The average Bonchev–Trinajstić information content (AvgIpc) is 2.34. The van der Waals surface area contributed by atoms with Crippen LogP contribution in [0.15, 0.2) is 0 Å². The van der Waals surface area contributed by atoms with E-state index < -0.39 is 6.10 Å². The lowest BCUT2D eigenvalue weighted by Gasteiger charge is -1.96. The van der Waals surface area contributed by atoms with E-state index in [-0.39, 0.29) is 0 Å². The molecular weight excluding hydrogens is 200 g/mol. The van der Waals surface area contributed by atoms with Crippen molar-refractivity contribution in [3.63, 3.8) is 0 Å². The van der Waals surface area contributed by atoms with Gasteiger partial charge in [0, 0.05) is 5.33 Å². The number of rotatable bonds is 2. The lowest BCUT2D eigenvalue weighted by atomic mass is 10.4. The molecule has 0 saturated heterocycles. The second-order valence-electron chi connectivity index (χ2n) is 1.81. The van der Waals surface area contributed by atoms with Crippen molar-refractivity contribution >= 4 is 15.9 Å². The predicted octanol–water partition coefficient (Wildman–Crippen LogP) is -0.362. The van der Waals surface area contributed by atoms with E-state index in [0.717, 1.165) is 0 Å². The Bertz CT molecular complexity index is 213. The van der Waals surface area contributed by atoms with Crippen LogP contribution in [-0.2, 0) is 7.05 Å². The molecule has 0 aliphatic rings. The van der Waals surface area contributed by atoms with Crippen LogP contribution in [0.5, 0.6) is 0 Å². The van der Waals surface area contributed by atoms with E-state index in [2.05, 4.69) is 31.3 Å². The van der Waals surface area contributed by atoms with Gasteiger partial charge >= 0.3 is 0 Å². The number of alkyl halides is 1. The average molecular weight is 207 g/mol. The van der Waals surface area contributed by atoms with Crippen LogP contribution in [0.2, 0.25) is 0 Å². The summed E-state index contributed by atoms with van der Waals surface area (Å²) >= 11 is 3.09. The summed E-state index contributed by atoms with van der Waals surface area (Å²) in [6.45, 7) is 0. The topological polar surface area (TPSA) is 63.8 Å². The quantitative estimate of drug-likeness (QED) is 0.672. The fourth-order valence-electron chi connectivity index (χ4n) is 0.501. The van der Waals surface area contributed by atoms with Crippen molar-refractivity contribution in [1.82, 2.24) is 20.2 Å². The molecule has 1 atom stereocenters. The molecule has 0 aliphatic carbocycles. The first-order valence-electron chi connectivity index (χ1n) is 2.72. The first-order valence-corrected chi connectivity index (χ1v) is 3.84. The van der Waals surface area contributed by atoms with Crippen LogP contribution >= 0.6 is 15.9 Å². The lowest BCUT2D eigenvalue weighted by molar-refractivity contribution is 0.194.